The third kappa shape index (κ3) is 3.43. The number of nitrogens with zero attached hydrogens (tertiary/aromatic N) is 3. The maximum atomic E-state index is 12.8. The maximum absolute atomic E-state index is 12.8. The van der Waals surface area contributed by atoms with E-state index >= 15 is 0 Å². The fourth-order valence-corrected chi connectivity index (χ4v) is 2.57. The number of nitrogens with two attached hydrogens (primary N) is 1. The van der Waals surface area contributed by atoms with Gasteiger partial charge in [-0.05, 0) is 31.2 Å². The van der Waals surface area contributed by atoms with Crippen molar-refractivity contribution in [2.75, 3.05) is 12.3 Å². The quantitative estimate of drug-likeness (QED) is 0.744. The van der Waals surface area contributed by atoms with E-state index in [0.29, 0.717) is 28.9 Å². The second-order valence-electron chi connectivity index (χ2n) is 5.08. The second kappa shape index (κ2) is 6.36. The summed E-state index contributed by atoms with van der Waals surface area (Å²) in [7, 11) is 0. The summed E-state index contributed by atoms with van der Waals surface area (Å²) < 4.78 is 43.7. The first-order valence-corrected chi connectivity index (χ1v) is 7.61. The third-order valence-corrected chi connectivity index (χ3v) is 3.69. The Morgan fingerprint density at radius 2 is 1.88 bits per heavy atom. The first kappa shape index (κ1) is 17.2. The van der Waals surface area contributed by atoms with Gasteiger partial charge in [-0.25, -0.2) is 9.97 Å². The summed E-state index contributed by atoms with van der Waals surface area (Å²) in [6.07, 6.45) is -4.47. The van der Waals surface area contributed by atoms with E-state index in [0.717, 1.165) is 12.1 Å². The fourth-order valence-electron chi connectivity index (χ4n) is 2.29. The molecular weight excluding hydrogens is 357 g/mol. The predicted molar refractivity (Wildman–Crippen MR) is 88.4 cm³/mol. The molecule has 130 valence electrons. The Kier molecular flexibility index (Phi) is 4.38. The summed E-state index contributed by atoms with van der Waals surface area (Å²) in [6.45, 7) is 2.12. The van der Waals surface area contributed by atoms with Crippen LogP contribution in [-0.4, -0.2) is 21.6 Å². The molecule has 9 heteroatoms. The second-order valence-corrected chi connectivity index (χ2v) is 5.48. The Labute approximate surface area is 145 Å². The van der Waals surface area contributed by atoms with E-state index in [4.69, 9.17) is 22.1 Å². The van der Waals surface area contributed by atoms with E-state index in [1.165, 1.54) is 6.07 Å². The molecule has 0 saturated carbocycles. The number of rotatable bonds is 3. The van der Waals surface area contributed by atoms with Gasteiger partial charge < -0.3 is 10.5 Å². The Morgan fingerprint density at radius 1 is 1.12 bits per heavy atom. The van der Waals surface area contributed by atoms with E-state index in [-0.39, 0.29) is 16.9 Å². The molecule has 0 bridgehead atoms. The lowest BCUT2D eigenvalue weighted by Gasteiger charge is -2.11. The highest BCUT2D eigenvalue weighted by molar-refractivity contribution is 6.33. The van der Waals surface area contributed by atoms with Gasteiger partial charge in [0.05, 0.1) is 28.4 Å². The molecule has 0 spiro atoms. The zero-order valence-electron chi connectivity index (χ0n) is 12.9. The number of aromatic nitrogens is 3. The number of hydrogen-bond acceptors (Lipinski definition) is 5. The number of alkyl halides is 3. The van der Waals surface area contributed by atoms with Crippen LogP contribution < -0.4 is 10.5 Å². The summed E-state index contributed by atoms with van der Waals surface area (Å²) in [5.74, 6) is 0.243. The van der Waals surface area contributed by atoms with Crippen molar-refractivity contribution in [3.63, 3.8) is 0 Å². The smallest absolute Gasteiger partial charge is 0.416 e. The van der Waals surface area contributed by atoms with Crippen LogP contribution in [0.4, 0.5) is 19.1 Å². The van der Waals surface area contributed by atoms with E-state index in [9.17, 15) is 13.2 Å². The van der Waals surface area contributed by atoms with Crippen molar-refractivity contribution in [3.8, 4) is 17.1 Å². The molecule has 0 aliphatic rings. The first-order valence-electron chi connectivity index (χ1n) is 7.23. The normalized spacial score (nSPS) is 11.7. The molecule has 0 atom stereocenters. The van der Waals surface area contributed by atoms with Crippen LogP contribution in [0.15, 0.2) is 30.3 Å². The number of hydrogen-bond donors (Lipinski definition) is 1. The number of anilines is 1. The average molecular weight is 369 g/mol. The van der Waals surface area contributed by atoms with Crippen molar-refractivity contribution in [2.45, 2.75) is 13.1 Å². The molecule has 5 nitrogen and oxygen atoms in total. The largest absolute Gasteiger partial charge is 0.476 e. The first-order chi connectivity index (χ1) is 11.8. The van der Waals surface area contributed by atoms with Crippen molar-refractivity contribution in [3.05, 3.63) is 40.9 Å². The Bertz CT molecular complexity index is 947. The molecule has 25 heavy (non-hydrogen) atoms. The molecule has 0 unspecified atom stereocenters. The average Bonchev–Trinajstić information content (AvgIpc) is 2.54. The monoisotopic (exact) mass is 368 g/mol. The van der Waals surface area contributed by atoms with Crippen LogP contribution in [0.25, 0.3) is 22.3 Å². The molecule has 0 radical (unpaired) electrons. The summed E-state index contributed by atoms with van der Waals surface area (Å²) in [5.41, 5.74) is 6.35. The van der Waals surface area contributed by atoms with Gasteiger partial charge in [-0.2, -0.15) is 18.2 Å². The minimum Gasteiger partial charge on any atom is -0.476 e. The van der Waals surface area contributed by atoms with Gasteiger partial charge in [-0.3, -0.25) is 0 Å². The Balaban J connectivity index is 2.13. The lowest BCUT2D eigenvalue weighted by Crippen LogP contribution is -2.05. The molecule has 0 amide bonds. The van der Waals surface area contributed by atoms with Crippen molar-refractivity contribution >= 4 is 28.6 Å². The molecular formula is C16H12ClF3N4O. The number of benzene rings is 1. The lowest BCUT2D eigenvalue weighted by molar-refractivity contribution is -0.137. The van der Waals surface area contributed by atoms with Crippen molar-refractivity contribution in [1.82, 2.24) is 15.0 Å². The van der Waals surface area contributed by atoms with Crippen LogP contribution in [0.5, 0.6) is 5.88 Å². The van der Waals surface area contributed by atoms with Gasteiger partial charge in [0.2, 0.25) is 11.8 Å². The number of fused-ring (bicyclic) bond motifs is 1. The van der Waals surface area contributed by atoms with E-state index in [1.54, 1.807) is 19.1 Å². The lowest BCUT2D eigenvalue weighted by atomic mass is 10.1. The van der Waals surface area contributed by atoms with Crippen molar-refractivity contribution < 1.29 is 17.9 Å². The van der Waals surface area contributed by atoms with Gasteiger partial charge in [-0.1, -0.05) is 17.7 Å². The molecule has 2 heterocycles. The predicted octanol–water partition coefficient (Wildman–Crippen LogP) is 4.34. The zero-order chi connectivity index (χ0) is 18.2. The van der Waals surface area contributed by atoms with E-state index in [1.807, 2.05) is 0 Å². The number of ether oxygens (including phenoxy) is 1. The molecule has 0 saturated heterocycles. The van der Waals surface area contributed by atoms with Gasteiger partial charge in [0, 0.05) is 5.56 Å². The minimum atomic E-state index is -4.47. The Morgan fingerprint density at radius 3 is 2.52 bits per heavy atom. The molecule has 3 aromatic rings. The molecule has 1 aromatic carbocycles. The molecule has 2 aromatic heterocycles. The van der Waals surface area contributed by atoms with E-state index < -0.39 is 11.7 Å². The summed E-state index contributed by atoms with van der Waals surface area (Å²) in [5, 5.41) is -0.0593. The number of pyridine rings is 1. The summed E-state index contributed by atoms with van der Waals surface area (Å²) in [6, 6.07) is 6.32. The number of nitrogen functional groups attached to an aromatic ring is 1. The van der Waals surface area contributed by atoms with Crippen LogP contribution in [0.3, 0.4) is 0 Å². The van der Waals surface area contributed by atoms with Crippen molar-refractivity contribution in [2.24, 2.45) is 0 Å². The van der Waals surface area contributed by atoms with Crippen LogP contribution in [0.1, 0.15) is 12.5 Å². The fraction of sp³-hybridized carbons (Fsp3) is 0.188. The SMILES string of the molecule is CCOc1nc(N)nc2ccc(-c3ccc(C(F)(F)F)cc3Cl)nc12. The molecule has 2 N–H and O–H groups in total. The Hall–Kier alpha value is -2.61. The van der Waals surface area contributed by atoms with Gasteiger partial charge in [0.1, 0.15) is 0 Å². The van der Waals surface area contributed by atoms with Gasteiger partial charge in [0.25, 0.3) is 0 Å². The van der Waals surface area contributed by atoms with Crippen LogP contribution >= 0.6 is 11.6 Å². The summed E-state index contributed by atoms with van der Waals surface area (Å²) in [4.78, 5) is 12.4. The number of halogens is 4. The zero-order valence-corrected chi connectivity index (χ0v) is 13.7. The van der Waals surface area contributed by atoms with Gasteiger partial charge in [-0.15, -0.1) is 0 Å². The topological polar surface area (TPSA) is 73.9 Å². The van der Waals surface area contributed by atoms with Crippen LogP contribution in [0, 0.1) is 0 Å². The third-order valence-electron chi connectivity index (χ3n) is 3.38. The van der Waals surface area contributed by atoms with E-state index in [2.05, 4.69) is 15.0 Å². The molecule has 3 rings (SSSR count). The summed E-state index contributed by atoms with van der Waals surface area (Å²) >= 11 is 6.02. The highest BCUT2D eigenvalue weighted by Gasteiger charge is 2.31. The standard InChI is InChI=1S/C16H12ClF3N4O/c1-2-25-14-13-12(23-15(21)24-14)6-5-11(22-13)9-4-3-8(7-10(9)17)16(18,19)20/h3-7H,2H2,1H3,(H2,21,23,24). The van der Waals surface area contributed by atoms with Gasteiger partial charge >= 0.3 is 6.18 Å². The molecule has 0 aliphatic heterocycles. The van der Waals surface area contributed by atoms with Crippen LogP contribution in [0.2, 0.25) is 5.02 Å². The van der Waals surface area contributed by atoms with Gasteiger partial charge in [0.15, 0.2) is 5.52 Å². The van der Waals surface area contributed by atoms with Crippen LogP contribution in [-0.2, 0) is 6.18 Å². The molecule has 0 fully saturated rings. The minimum absolute atomic E-state index is 0.0399. The highest BCUT2D eigenvalue weighted by atomic mass is 35.5. The van der Waals surface area contributed by atoms with Crippen molar-refractivity contribution in [1.29, 1.82) is 0 Å². The maximum Gasteiger partial charge on any atom is 0.416 e. The molecule has 0 aliphatic carbocycles. The highest BCUT2D eigenvalue weighted by Crippen LogP contribution is 2.36.